The van der Waals surface area contributed by atoms with Crippen LogP contribution in [0.2, 0.25) is 0 Å². The second-order valence-corrected chi connectivity index (χ2v) is 6.28. The molecule has 0 radical (unpaired) electrons. The van der Waals surface area contributed by atoms with Crippen molar-refractivity contribution in [2.75, 3.05) is 0 Å². The van der Waals surface area contributed by atoms with Gasteiger partial charge >= 0.3 is 0 Å². The smallest absolute Gasteiger partial charge is 0.262 e. The summed E-state index contributed by atoms with van der Waals surface area (Å²) in [5.74, 6) is -0.416. The lowest BCUT2D eigenvalue weighted by atomic mass is 10.0. The van der Waals surface area contributed by atoms with Crippen molar-refractivity contribution >= 4 is 23.2 Å². The molecule has 0 aliphatic rings. The molecule has 2 rings (SSSR count). The first-order valence-corrected chi connectivity index (χ1v) is 7.96. The predicted molar refractivity (Wildman–Crippen MR) is 85.5 cm³/mol. The summed E-state index contributed by atoms with van der Waals surface area (Å²) in [4.78, 5) is 25.1. The van der Waals surface area contributed by atoms with Crippen molar-refractivity contribution in [2.45, 2.75) is 26.4 Å². The van der Waals surface area contributed by atoms with Crippen molar-refractivity contribution in [3.8, 4) is 0 Å². The van der Waals surface area contributed by atoms with Crippen molar-refractivity contribution in [1.29, 1.82) is 0 Å². The number of aryl methyl sites for hydroxylation is 1. The van der Waals surface area contributed by atoms with Gasteiger partial charge < -0.3 is 10.6 Å². The molecule has 6 nitrogen and oxygen atoms in total. The van der Waals surface area contributed by atoms with Crippen LogP contribution >= 0.6 is 11.3 Å². The van der Waals surface area contributed by atoms with E-state index in [1.165, 1.54) is 11.3 Å². The molecule has 2 amide bonds. The molecule has 0 spiro atoms. The molecule has 22 heavy (non-hydrogen) atoms. The Kier molecular flexibility index (Phi) is 5.32. The molecule has 2 heterocycles. The first kappa shape index (κ1) is 16.2. The molecular weight excluding hydrogens is 300 g/mol. The van der Waals surface area contributed by atoms with E-state index in [1.54, 1.807) is 16.9 Å². The van der Waals surface area contributed by atoms with Crippen LogP contribution in [0.4, 0.5) is 0 Å². The van der Waals surface area contributed by atoms with Gasteiger partial charge in [0.25, 0.3) is 5.91 Å². The van der Waals surface area contributed by atoms with E-state index in [0.717, 1.165) is 5.69 Å². The summed E-state index contributed by atoms with van der Waals surface area (Å²) in [6.07, 6.45) is 1.68. The maximum atomic E-state index is 12.3. The van der Waals surface area contributed by atoms with Crippen LogP contribution in [0.3, 0.4) is 0 Å². The fraction of sp³-hybridized carbons (Fsp3) is 0.400. The van der Waals surface area contributed by atoms with Gasteiger partial charge in [-0.05, 0) is 23.4 Å². The van der Waals surface area contributed by atoms with Crippen LogP contribution in [0.15, 0.2) is 29.8 Å². The molecular formula is C15H20N4O2S. The van der Waals surface area contributed by atoms with Crippen molar-refractivity contribution in [3.63, 3.8) is 0 Å². The van der Waals surface area contributed by atoms with Gasteiger partial charge in [0, 0.05) is 13.2 Å². The Hall–Kier alpha value is -2.15. The molecule has 118 valence electrons. The van der Waals surface area contributed by atoms with Crippen molar-refractivity contribution in [2.24, 2.45) is 13.0 Å². The van der Waals surface area contributed by atoms with Gasteiger partial charge in [-0.1, -0.05) is 19.9 Å². The fourth-order valence-electron chi connectivity index (χ4n) is 2.02. The average molecular weight is 320 g/mol. The summed E-state index contributed by atoms with van der Waals surface area (Å²) >= 11 is 1.35. The minimum Gasteiger partial charge on any atom is -0.349 e. The van der Waals surface area contributed by atoms with Gasteiger partial charge in [-0.3, -0.25) is 14.3 Å². The van der Waals surface area contributed by atoms with Gasteiger partial charge in [0.1, 0.15) is 6.04 Å². The minimum absolute atomic E-state index is 0.00421. The Balaban J connectivity index is 1.96. The van der Waals surface area contributed by atoms with E-state index >= 15 is 0 Å². The van der Waals surface area contributed by atoms with Crippen molar-refractivity contribution in [1.82, 2.24) is 20.4 Å². The molecule has 7 heteroatoms. The topological polar surface area (TPSA) is 76.0 Å². The van der Waals surface area contributed by atoms with E-state index in [1.807, 2.05) is 38.4 Å². The number of aromatic nitrogens is 2. The maximum absolute atomic E-state index is 12.3. The van der Waals surface area contributed by atoms with Crippen molar-refractivity contribution in [3.05, 3.63) is 40.3 Å². The second-order valence-electron chi connectivity index (χ2n) is 5.34. The van der Waals surface area contributed by atoms with Crippen LogP contribution < -0.4 is 10.6 Å². The van der Waals surface area contributed by atoms with Gasteiger partial charge in [-0.15, -0.1) is 11.3 Å². The Labute approximate surface area is 133 Å². The highest BCUT2D eigenvalue weighted by molar-refractivity contribution is 7.12. The Bertz CT molecular complexity index is 634. The van der Waals surface area contributed by atoms with E-state index < -0.39 is 6.04 Å². The van der Waals surface area contributed by atoms with Gasteiger partial charge in [0.05, 0.1) is 17.1 Å². The van der Waals surface area contributed by atoms with E-state index in [4.69, 9.17) is 0 Å². The molecule has 0 aliphatic heterocycles. The summed E-state index contributed by atoms with van der Waals surface area (Å²) < 4.78 is 1.70. The summed E-state index contributed by atoms with van der Waals surface area (Å²) in [5.41, 5.74) is 0.903. The standard InChI is InChI=1S/C15H20N4O2S/c1-10(2)13(18-14(20)12-5-4-8-22-12)15(21)16-9-11-6-7-17-19(11)3/h4-8,10,13H,9H2,1-3H3,(H,16,21)(H,18,20)/t13-/m1/s1. The highest BCUT2D eigenvalue weighted by atomic mass is 32.1. The number of rotatable bonds is 6. The first-order chi connectivity index (χ1) is 10.5. The quantitative estimate of drug-likeness (QED) is 0.848. The number of carbonyl (C=O) groups is 2. The first-order valence-electron chi connectivity index (χ1n) is 7.08. The molecule has 0 aromatic carbocycles. The zero-order valence-corrected chi connectivity index (χ0v) is 13.7. The van der Waals surface area contributed by atoms with Crippen LogP contribution in [-0.4, -0.2) is 27.6 Å². The number of amides is 2. The Morgan fingerprint density at radius 3 is 2.68 bits per heavy atom. The predicted octanol–water partition coefficient (Wildman–Crippen LogP) is 1.55. The van der Waals surface area contributed by atoms with Crippen LogP contribution in [0, 0.1) is 5.92 Å². The van der Waals surface area contributed by atoms with E-state index in [2.05, 4.69) is 15.7 Å². The largest absolute Gasteiger partial charge is 0.349 e. The zero-order valence-electron chi connectivity index (χ0n) is 12.9. The average Bonchev–Trinajstić information content (AvgIpc) is 3.13. The monoisotopic (exact) mass is 320 g/mol. The van der Waals surface area contributed by atoms with E-state index in [9.17, 15) is 9.59 Å². The molecule has 2 N–H and O–H groups in total. The molecule has 0 aliphatic carbocycles. The van der Waals surface area contributed by atoms with E-state index in [0.29, 0.717) is 11.4 Å². The van der Waals surface area contributed by atoms with Gasteiger partial charge in [0.15, 0.2) is 0 Å². The number of hydrogen-bond acceptors (Lipinski definition) is 4. The number of hydrogen-bond donors (Lipinski definition) is 2. The van der Waals surface area contributed by atoms with Crippen LogP contribution in [0.5, 0.6) is 0 Å². The lowest BCUT2D eigenvalue weighted by Crippen LogP contribution is -2.49. The number of carbonyl (C=O) groups excluding carboxylic acids is 2. The third kappa shape index (κ3) is 3.94. The molecule has 0 bridgehead atoms. The maximum Gasteiger partial charge on any atom is 0.262 e. The van der Waals surface area contributed by atoms with Gasteiger partial charge in [0.2, 0.25) is 5.91 Å². The SMILES string of the molecule is CC(C)[C@@H](NC(=O)c1cccs1)C(=O)NCc1ccnn1C. The molecule has 0 fully saturated rings. The third-order valence-electron chi connectivity index (χ3n) is 3.35. The highest BCUT2D eigenvalue weighted by Gasteiger charge is 2.24. The molecule has 2 aromatic heterocycles. The van der Waals surface area contributed by atoms with E-state index in [-0.39, 0.29) is 17.7 Å². The van der Waals surface area contributed by atoms with Crippen LogP contribution in [0.25, 0.3) is 0 Å². The summed E-state index contributed by atoms with van der Waals surface area (Å²) in [6.45, 7) is 4.19. The molecule has 1 atom stereocenters. The lowest BCUT2D eigenvalue weighted by molar-refractivity contribution is -0.124. The summed E-state index contributed by atoms with van der Waals surface area (Å²) in [6, 6.07) is 4.83. The minimum atomic E-state index is -0.567. The number of nitrogens with one attached hydrogen (secondary N) is 2. The molecule has 0 saturated heterocycles. The Morgan fingerprint density at radius 1 is 1.36 bits per heavy atom. The van der Waals surface area contributed by atoms with Crippen LogP contribution in [0.1, 0.15) is 29.2 Å². The molecule has 2 aromatic rings. The zero-order chi connectivity index (χ0) is 16.1. The normalized spacial score (nSPS) is 12.2. The molecule has 0 saturated carbocycles. The number of nitrogens with zero attached hydrogens (tertiary/aromatic N) is 2. The Morgan fingerprint density at radius 2 is 2.14 bits per heavy atom. The summed E-state index contributed by atoms with van der Waals surface area (Å²) in [5, 5.41) is 11.5. The highest BCUT2D eigenvalue weighted by Crippen LogP contribution is 2.10. The molecule has 0 unspecified atom stereocenters. The van der Waals surface area contributed by atoms with Crippen molar-refractivity contribution < 1.29 is 9.59 Å². The second kappa shape index (κ2) is 7.22. The third-order valence-corrected chi connectivity index (χ3v) is 4.22. The lowest BCUT2D eigenvalue weighted by Gasteiger charge is -2.21. The van der Waals surface area contributed by atoms with Crippen LogP contribution in [-0.2, 0) is 18.4 Å². The van der Waals surface area contributed by atoms with Gasteiger partial charge in [-0.25, -0.2) is 0 Å². The summed E-state index contributed by atoms with van der Waals surface area (Å²) in [7, 11) is 1.82. The fourth-order valence-corrected chi connectivity index (χ4v) is 2.64. The number of thiophene rings is 1. The van der Waals surface area contributed by atoms with Gasteiger partial charge in [-0.2, -0.15) is 5.10 Å².